The zero-order valence-corrected chi connectivity index (χ0v) is 11.6. The van der Waals surface area contributed by atoms with Gasteiger partial charge >= 0.3 is 0 Å². The zero-order chi connectivity index (χ0) is 12.2. The smallest absolute Gasteiger partial charge is 0.167 e. The third kappa shape index (κ3) is 4.14. The topological polar surface area (TPSA) is 42.7 Å². The summed E-state index contributed by atoms with van der Waals surface area (Å²) in [5.41, 5.74) is 0. The van der Waals surface area contributed by atoms with E-state index in [-0.39, 0.29) is 6.04 Å². The number of nitrogens with zero attached hydrogens (tertiary/aromatic N) is 3. The Labute approximate surface area is 102 Å². The van der Waals surface area contributed by atoms with E-state index in [0.717, 1.165) is 18.8 Å². The van der Waals surface area contributed by atoms with Gasteiger partial charge in [0.2, 0.25) is 0 Å². The van der Waals surface area contributed by atoms with E-state index in [1.807, 2.05) is 18.8 Å². The van der Waals surface area contributed by atoms with Gasteiger partial charge in [-0.1, -0.05) is 13.8 Å². The molecule has 4 nitrogen and oxygen atoms in total. The summed E-state index contributed by atoms with van der Waals surface area (Å²) < 4.78 is 2.07. The molecule has 1 aromatic rings. The highest BCUT2D eigenvalue weighted by molar-refractivity contribution is 7.99. The molecule has 0 saturated heterocycles. The van der Waals surface area contributed by atoms with Gasteiger partial charge in [-0.25, -0.2) is 4.98 Å². The van der Waals surface area contributed by atoms with Crippen molar-refractivity contribution in [2.45, 2.75) is 38.0 Å². The third-order valence-electron chi connectivity index (χ3n) is 2.73. The SMILES string of the molecule is CSC(C)(C)CCNC(C)c1ncn(C)n1. The quantitative estimate of drug-likeness (QED) is 0.828. The van der Waals surface area contributed by atoms with Gasteiger partial charge in [-0.2, -0.15) is 16.9 Å². The van der Waals surface area contributed by atoms with Crippen molar-refractivity contribution in [3.05, 3.63) is 12.2 Å². The van der Waals surface area contributed by atoms with Gasteiger partial charge in [-0.15, -0.1) is 0 Å². The second-order valence-electron chi connectivity index (χ2n) is 4.67. The fraction of sp³-hybridized carbons (Fsp3) is 0.818. The van der Waals surface area contributed by atoms with Gasteiger partial charge in [0.1, 0.15) is 6.33 Å². The largest absolute Gasteiger partial charge is 0.307 e. The molecule has 0 amide bonds. The van der Waals surface area contributed by atoms with Gasteiger partial charge in [0, 0.05) is 11.8 Å². The van der Waals surface area contributed by atoms with Crippen LogP contribution in [0.5, 0.6) is 0 Å². The minimum atomic E-state index is 0.221. The average Bonchev–Trinajstić information content (AvgIpc) is 2.64. The first kappa shape index (κ1) is 13.5. The Morgan fingerprint density at radius 1 is 1.56 bits per heavy atom. The number of thioether (sulfide) groups is 1. The van der Waals surface area contributed by atoms with Gasteiger partial charge in [0.15, 0.2) is 5.82 Å². The van der Waals surface area contributed by atoms with Crippen molar-refractivity contribution in [3.8, 4) is 0 Å². The fourth-order valence-corrected chi connectivity index (χ4v) is 1.64. The molecule has 1 N–H and O–H groups in total. The first-order valence-electron chi connectivity index (χ1n) is 5.59. The highest BCUT2D eigenvalue weighted by atomic mass is 32.2. The molecular weight excluding hydrogens is 220 g/mol. The number of nitrogens with one attached hydrogen (secondary N) is 1. The standard InChI is InChI=1S/C11H22N4S/c1-9(10-13-8-15(4)14-10)12-7-6-11(2,3)16-5/h8-9,12H,6-7H2,1-5H3. The Kier molecular flexibility index (Phi) is 4.80. The minimum Gasteiger partial charge on any atom is -0.307 e. The van der Waals surface area contributed by atoms with E-state index in [1.54, 1.807) is 11.0 Å². The summed E-state index contributed by atoms with van der Waals surface area (Å²) in [5, 5.41) is 7.73. The maximum atomic E-state index is 4.28. The van der Waals surface area contributed by atoms with Crippen molar-refractivity contribution in [1.29, 1.82) is 0 Å². The maximum absolute atomic E-state index is 4.28. The molecule has 0 radical (unpaired) electrons. The van der Waals surface area contributed by atoms with Crippen molar-refractivity contribution >= 4 is 11.8 Å². The molecule has 0 aliphatic rings. The molecule has 1 atom stereocenters. The van der Waals surface area contributed by atoms with Crippen LogP contribution >= 0.6 is 11.8 Å². The Hall–Kier alpha value is -0.550. The normalized spacial score (nSPS) is 14.1. The van der Waals surface area contributed by atoms with E-state index in [4.69, 9.17) is 0 Å². The van der Waals surface area contributed by atoms with Crippen LogP contribution in [-0.4, -0.2) is 32.3 Å². The summed E-state index contributed by atoms with van der Waals surface area (Å²) in [5.74, 6) is 0.865. The van der Waals surface area contributed by atoms with E-state index in [9.17, 15) is 0 Å². The molecule has 0 aliphatic carbocycles. The number of hydrogen-bond donors (Lipinski definition) is 1. The molecule has 5 heteroatoms. The molecule has 16 heavy (non-hydrogen) atoms. The van der Waals surface area contributed by atoms with E-state index in [0.29, 0.717) is 4.75 Å². The Morgan fingerprint density at radius 3 is 2.75 bits per heavy atom. The minimum absolute atomic E-state index is 0.221. The molecule has 1 rings (SSSR count). The summed E-state index contributed by atoms with van der Waals surface area (Å²) in [6, 6.07) is 0.221. The van der Waals surface area contributed by atoms with E-state index in [1.165, 1.54) is 0 Å². The lowest BCUT2D eigenvalue weighted by molar-refractivity contribution is 0.502. The highest BCUT2D eigenvalue weighted by Gasteiger charge is 2.16. The molecule has 1 unspecified atom stereocenters. The molecule has 0 aromatic carbocycles. The average molecular weight is 242 g/mol. The van der Waals surface area contributed by atoms with Crippen molar-refractivity contribution in [3.63, 3.8) is 0 Å². The maximum Gasteiger partial charge on any atom is 0.167 e. The Balaban J connectivity index is 2.33. The van der Waals surface area contributed by atoms with Crippen LogP contribution in [0, 0.1) is 0 Å². The molecule has 0 saturated carbocycles. The van der Waals surface area contributed by atoms with Gasteiger partial charge < -0.3 is 5.32 Å². The number of hydrogen-bond acceptors (Lipinski definition) is 4. The van der Waals surface area contributed by atoms with Gasteiger partial charge in [0.25, 0.3) is 0 Å². The molecule has 1 aromatic heterocycles. The monoisotopic (exact) mass is 242 g/mol. The van der Waals surface area contributed by atoms with Gasteiger partial charge in [0.05, 0.1) is 6.04 Å². The molecule has 0 fully saturated rings. The van der Waals surface area contributed by atoms with Crippen molar-refractivity contribution in [2.75, 3.05) is 12.8 Å². The fourth-order valence-electron chi connectivity index (χ4n) is 1.34. The summed E-state index contributed by atoms with van der Waals surface area (Å²) in [4.78, 5) is 4.24. The van der Waals surface area contributed by atoms with E-state index >= 15 is 0 Å². The molecule has 0 bridgehead atoms. The number of rotatable bonds is 6. The third-order valence-corrected chi connectivity index (χ3v) is 4.04. The molecule has 92 valence electrons. The van der Waals surface area contributed by atoms with Crippen LogP contribution in [0.15, 0.2) is 6.33 Å². The van der Waals surface area contributed by atoms with Crippen LogP contribution in [0.1, 0.15) is 39.1 Å². The van der Waals surface area contributed by atoms with Crippen LogP contribution in [0.2, 0.25) is 0 Å². The first-order chi connectivity index (χ1) is 7.44. The Morgan fingerprint density at radius 2 is 2.25 bits per heavy atom. The van der Waals surface area contributed by atoms with Crippen molar-refractivity contribution in [2.24, 2.45) is 7.05 Å². The van der Waals surface area contributed by atoms with E-state index in [2.05, 4.69) is 42.4 Å². The lowest BCUT2D eigenvalue weighted by Gasteiger charge is -2.22. The molecule has 0 aliphatic heterocycles. The lowest BCUT2D eigenvalue weighted by Crippen LogP contribution is -2.27. The van der Waals surface area contributed by atoms with Crippen LogP contribution < -0.4 is 5.32 Å². The predicted molar refractivity (Wildman–Crippen MR) is 69.6 cm³/mol. The number of aromatic nitrogens is 3. The summed E-state index contributed by atoms with van der Waals surface area (Å²) in [7, 11) is 1.89. The highest BCUT2D eigenvalue weighted by Crippen LogP contribution is 2.24. The molecule has 0 spiro atoms. The lowest BCUT2D eigenvalue weighted by atomic mass is 10.1. The summed E-state index contributed by atoms with van der Waals surface area (Å²) in [6.45, 7) is 7.63. The molecular formula is C11H22N4S. The van der Waals surface area contributed by atoms with Crippen LogP contribution in [0.4, 0.5) is 0 Å². The predicted octanol–water partition coefficient (Wildman–Crippen LogP) is 2.00. The van der Waals surface area contributed by atoms with Crippen LogP contribution in [0.25, 0.3) is 0 Å². The van der Waals surface area contributed by atoms with Gasteiger partial charge in [-0.05, 0) is 26.1 Å². The number of aryl methyl sites for hydroxylation is 1. The Bertz CT molecular complexity index is 322. The second-order valence-corrected chi connectivity index (χ2v) is 6.18. The summed E-state index contributed by atoms with van der Waals surface area (Å²) >= 11 is 1.90. The van der Waals surface area contributed by atoms with Crippen LogP contribution in [0.3, 0.4) is 0 Å². The van der Waals surface area contributed by atoms with Crippen molar-refractivity contribution < 1.29 is 0 Å². The second kappa shape index (κ2) is 5.68. The van der Waals surface area contributed by atoms with Crippen molar-refractivity contribution in [1.82, 2.24) is 20.1 Å². The van der Waals surface area contributed by atoms with Gasteiger partial charge in [-0.3, -0.25) is 4.68 Å². The zero-order valence-electron chi connectivity index (χ0n) is 10.8. The van der Waals surface area contributed by atoms with E-state index < -0.39 is 0 Å². The molecule has 1 heterocycles. The first-order valence-corrected chi connectivity index (χ1v) is 6.81. The summed E-state index contributed by atoms with van der Waals surface area (Å²) in [6.07, 6.45) is 5.04. The van der Waals surface area contributed by atoms with Crippen LogP contribution in [-0.2, 0) is 7.05 Å².